The van der Waals surface area contributed by atoms with Crippen LogP contribution >= 0.6 is 0 Å². The summed E-state index contributed by atoms with van der Waals surface area (Å²) in [6.45, 7) is 0. The fourth-order valence-electron chi connectivity index (χ4n) is 0.959. The Morgan fingerprint density at radius 2 is 1.45 bits per heavy atom. The van der Waals surface area contributed by atoms with Crippen molar-refractivity contribution in [1.29, 1.82) is 0 Å². The summed E-state index contributed by atoms with van der Waals surface area (Å²) < 4.78 is 0. The van der Waals surface area contributed by atoms with Crippen LogP contribution in [0.15, 0.2) is 24.3 Å². The van der Waals surface area contributed by atoms with E-state index in [-0.39, 0.29) is 7.69 Å². The van der Waals surface area contributed by atoms with Gasteiger partial charge in [-0.05, 0) is 17.2 Å². The summed E-state index contributed by atoms with van der Waals surface area (Å²) in [6.07, 6.45) is 4.24. The van der Waals surface area contributed by atoms with Crippen LogP contribution in [0.5, 0.6) is 0 Å². The number of fused-ring (bicyclic) bond motifs is 2. The van der Waals surface area contributed by atoms with Gasteiger partial charge in [0.25, 0.3) is 0 Å². The second-order valence-corrected chi connectivity index (χ2v) is 2.12. The van der Waals surface area contributed by atoms with Gasteiger partial charge in [-0.1, -0.05) is 30.4 Å². The van der Waals surface area contributed by atoms with Crippen molar-refractivity contribution >= 4 is 19.8 Å². The van der Waals surface area contributed by atoms with E-state index in [2.05, 4.69) is 36.4 Å². The lowest BCUT2D eigenvalue weighted by Crippen LogP contribution is -1.75. The SMILES string of the molecule is C1=Cc2cccc1c2.O[B]O. The smallest absolute Gasteiger partial charge is 0.429 e. The highest BCUT2D eigenvalue weighted by Crippen LogP contribution is 2.16. The molecule has 0 amide bonds. The van der Waals surface area contributed by atoms with Crippen LogP contribution in [0.25, 0.3) is 12.2 Å². The van der Waals surface area contributed by atoms with E-state index in [4.69, 9.17) is 10.0 Å². The zero-order chi connectivity index (χ0) is 8.10. The van der Waals surface area contributed by atoms with Crippen molar-refractivity contribution in [3.05, 3.63) is 35.4 Å². The summed E-state index contributed by atoms with van der Waals surface area (Å²) in [4.78, 5) is 0. The normalized spacial score (nSPS) is 10.4. The molecule has 2 bridgehead atoms. The van der Waals surface area contributed by atoms with Gasteiger partial charge >= 0.3 is 7.69 Å². The lowest BCUT2D eigenvalue weighted by atomic mass is 10.2. The predicted molar refractivity (Wildman–Crippen MR) is 45.6 cm³/mol. The van der Waals surface area contributed by atoms with E-state index in [1.165, 1.54) is 11.1 Å². The molecule has 1 radical (unpaired) electrons. The topological polar surface area (TPSA) is 40.5 Å². The molecule has 1 aromatic rings. The number of hydrogen-bond donors (Lipinski definition) is 2. The zero-order valence-electron chi connectivity index (χ0n) is 5.94. The Hall–Kier alpha value is -1.06. The van der Waals surface area contributed by atoms with Crippen LogP contribution in [0.3, 0.4) is 0 Å². The monoisotopic (exact) mass is 147 g/mol. The predicted octanol–water partition coefficient (Wildman–Crippen LogP) is 0.676. The number of benzene rings is 1. The lowest BCUT2D eigenvalue weighted by Gasteiger charge is -1.83. The van der Waals surface area contributed by atoms with Gasteiger partial charge in [0.05, 0.1) is 0 Å². The number of rotatable bonds is 0. The maximum atomic E-state index is 7.00. The molecule has 0 saturated heterocycles. The van der Waals surface area contributed by atoms with Gasteiger partial charge in [-0.3, -0.25) is 0 Å². The third-order valence-electron chi connectivity index (χ3n) is 1.38. The fraction of sp³-hybridized carbons (Fsp3) is 0. The van der Waals surface area contributed by atoms with Gasteiger partial charge in [0.2, 0.25) is 0 Å². The molecule has 1 aliphatic rings. The Morgan fingerprint density at radius 1 is 1.00 bits per heavy atom. The van der Waals surface area contributed by atoms with E-state index in [0.29, 0.717) is 0 Å². The van der Waals surface area contributed by atoms with Gasteiger partial charge in [-0.15, -0.1) is 0 Å². The Balaban J connectivity index is 0.000000179. The van der Waals surface area contributed by atoms with E-state index < -0.39 is 0 Å². The third kappa shape index (κ3) is 2.22. The molecule has 0 heterocycles. The Morgan fingerprint density at radius 3 is 1.82 bits per heavy atom. The highest BCUT2D eigenvalue weighted by Gasteiger charge is 1.94. The maximum absolute atomic E-state index is 7.00. The van der Waals surface area contributed by atoms with Crippen LogP contribution in [0, 0.1) is 0 Å². The van der Waals surface area contributed by atoms with Crippen LogP contribution in [-0.4, -0.2) is 17.7 Å². The van der Waals surface area contributed by atoms with Crippen LogP contribution in [0.2, 0.25) is 0 Å². The zero-order valence-corrected chi connectivity index (χ0v) is 5.94. The average Bonchev–Trinajstić information content (AvgIpc) is 2.33. The van der Waals surface area contributed by atoms with Crippen molar-refractivity contribution in [3.63, 3.8) is 0 Å². The Bertz CT molecular complexity index is 237. The molecule has 0 spiro atoms. The summed E-state index contributed by atoms with van der Waals surface area (Å²) in [5.41, 5.74) is 2.64. The van der Waals surface area contributed by atoms with Gasteiger partial charge in [-0.25, -0.2) is 0 Å². The van der Waals surface area contributed by atoms with Gasteiger partial charge < -0.3 is 10.0 Å². The molecule has 55 valence electrons. The Kier molecular flexibility index (Phi) is 2.89. The highest BCUT2D eigenvalue weighted by molar-refractivity contribution is 6.13. The molecular formula is C8H8BO2. The average molecular weight is 147 g/mol. The molecule has 2 N–H and O–H groups in total. The summed E-state index contributed by atoms with van der Waals surface area (Å²) in [7, 11) is 0. The first kappa shape index (κ1) is 8.05. The molecule has 0 atom stereocenters. The summed E-state index contributed by atoms with van der Waals surface area (Å²) >= 11 is 0. The minimum absolute atomic E-state index is 0. The quantitative estimate of drug-likeness (QED) is 0.537. The molecule has 0 fully saturated rings. The summed E-state index contributed by atoms with van der Waals surface area (Å²) in [5.74, 6) is 0. The van der Waals surface area contributed by atoms with E-state index >= 15 is 0 Å². The molecule has 0 unspecified atom stereocenters. The maximum Gasteiger partial charge on any atom is 0.482 e. The molecule has 0 aliphatic heterocycles. The molecule has 1 aromatic carbocycles. The molecule has 0 aromatic heterocycles. The van der Waals surface area contributed by atoms with Crippen molar-refractivity contribution in [3.8, 4) is 0 Å². The largest absolute Gasteiger partial charge is 0.482 e. The molecular weight excluding hydrogens is 139 g/mol. The van der Waals surface area contributed by atoms with E-state index in [9.17, 15) is 0 Å². The van der Waals surface area contributed by atoms with Gasteiger partial charge in [0.1, 0.15) is 0 Å². The van der Waals surface area contributed by atoms with E-state index in [0.717, 1.165) is 0 Å². The molecule has 2 nitrogen and oxygen atoms in total. The van der Waals surface area contributed by atoms with Crippen LogP contribution in [0.1, 0.15) is 11.1 Å². The van der Waals surface area contributed by atoms with E-state index in [1.807, 2.05) is 0 Å². The minimum atomic E-state index is 0. The lowest BCUT2D eigenvalue weighted by molar-refractivity contribution is 0.448. The number of hydrogen-bond acceptors (Lipinski definition) is 2. The Labute approximate surface area is 66.1 Å². The third-order valence-corrected chi connectivity index (χ3v) is 1.38. The van der Waals surface area contributed by atoms with Crippen LogP contribution in [0.4, 0.5) is 0 Å². The first-order valence-corrected chi connectivity index (χ1v) is 3.25. The molecule has 1 aliphatic carbocycles. The van der Waals surface area contributed by atoms with Crippen molar-refractivity contribution in [2.45, 2.75) is 0 Å². The molecule has 0 saturated carbocycles. The van der Waals surface area contributed by atoms with Crippen LogP contribution < -0.4 is 0 Å². The standard InChI is InChI=1S/C8H6.BH2O2/c1-2-7-4-5-8(3-1)6-7;2-1-3/h1-6H;2-3H. The van der Waals surface area contributed by atoms with Crippen molar-refractivity contribution in [2.24, 2.45) is 0 Å². The van der Waals surface area contributed by atoms with Gasteiger partial charge in [0.15, 0.2) is 0 Å². The van der Waals surface area contributed by atoms with Crippen LogP contribution in [-0.2, 0) is 0 Å². The van der Waals surface area contributed by atoms with Crippen molar-refractivity contribution in [2.75, 3.05) is 0 Å². The molecule has 2 rings (SSSR count). The molecule has 3 heteroatoms. The first-order chi connectivity index (χ1) is 5.36. The van der Waals surface area contributed by atoms with Gasteiger partial charge in [0, 0.05) is 0 Å². The van der Waals surface area contributed by atoms with E-state index in [1.54, 1.807) is 0 Å². The van der Waals surface area contributed by atoms with Gasteiger partial charge in [-0.2, -0.15) is 0 Å². The fourth-order valence-corrected chi connectivity index (χ4v) is 0.959. The molecule has 11 heavy (non-hydrogen) atoms. The second kappa shape index (κ2) is 3.96. The van der Waals surface area contributed by atoms with Crippen molar-refractivity contribution in [1.82, 2.24) is 0 Å². The van der Waals surface area contributed by atoms with Crippen molar-refractivity contribution < 1.29 is 10.0 Å². The highest BCUT2D eigenvalue weighted by atomic mass is 16.4. The second-order valence-electron chi connectivity index (χ2n) is 2.12. The first-order valence-electron chi connectivity index (χ1n) is 3.25. The minimum Gasteiger partial charge on any atom is -0.429 e. The summed E-state index contributed by atoms with van der Waals surface area (Å²) in [6, 6.07) is 8.45. The summed E-state index contributed by atoms with van der Waals surface area (Å²) in [5, 5.41) is 14.0.